The molecule has 0 atom stereocenters. The molecule has 5 heteroatoms. The van der Waals surface area contributed by atoms with E-state index in [4.69, 9.17) is 0 Å². The quantitative estimate of drug-likeness (QED) is 0.635. The van der Waals surface area contributed by atoms with Crippen LogP contribution < -0.4 is 15.5 Å². The highest BCUT2D eigenvalue weighted by atomic mass is 15.2. The molecule has 1 saturated heterocycles. The topological polar surface area (TPSA) is 42.9 Å². The molecule has 1 aromatic rings. The van der Waals surface area contributed by atoms with Crippen LogP contribution in [0.15, 0.2) is 23.2 Å². The Morgan fingerprint density at radius 1 is 1.08 bits per heavy atom. The van der Waals surface area contributed by atoms with E-state index < -0.39 is 0 Å². The summed E-state index contributed by atoms with van der Waals surface area (Å²) in [5.74, 6) is 0.895. The maximum absolute atomic E-state index is 4.35. The van der Waals surface area contributed by atoms with Crippen LogP contribution in [0, 0.1) is 0 Å². The molecule has 1 aromatic carbocycles. The SMILES string of the molecule is CN=C(NCCN1CCCCC1)NCc1ccc2c(c1)CCCN2C. The Bertz CT molecular complexity index is 577. The lowest BCUT2D eigenvalue weighted by atomic mass is 9.99. The van der Waals surface area contributed by atoms with Crippen molar-refractivity contribution in [3.63, 3.8) is 0 Å². The number of guanidine groups is 1. The summed E-state index contributed by atoms with van der Waals surface area (Å²) >= 11 is 0. The van der Waals surface area contributed by atoms with Crippen molar-refractivity contribution in [1.82, 2.24) is 15.5 Å². The molecule has 0 spiro atoms. The number of nitrogens with one attached hydrogen (secondary N) is 2. The van der Waals surface area contributed by atoms with Gasteiger partial charge in [-0.1, -0.05) is 18.6 Å². The van der Waals surface area contributed by atoms with Gasteiger partial charge in [0.25, 0.3) is 0 Å². The second-order valence-electron chi connectivity index (χ2n) is 7.24. The van der Waals surface area contributed by atoms with E-state index in [-0.39, 0.29) is 0 Å². The summed E-state index contributed by atoms with van der Waals surface area (Å²) in [6.07, 6.45) is 6.53. The number of hydrogen-bond acceptors (Lipinski definition) is 3. The molecule has 0 unspecified atom stereocenters. The van der Waals surface area contributed by atoms with E-state index in [1.54, 1.807) is 0 Å². The number of aliphatic imine (C=N–C) groups is 1. The molecule has 1 fully saturated rings. The molecule has 5 nitrogen and oxygen atoms in total. The van der Waals surface area contributed by atoms with Crippen LogP contribution in [-0.4, -0.2) is 57.7 Å². The summed E-state index contributed by atoms with van der Waals surface area (Å²) in [7, 11) is 4.03. The van der Waals surface area contributed by atoms with Crippen LogP contribution in [0.25, 0.3) is 0 Å². The zero-order chi connectivity index (χ0) is 17.5. The molecule has 0 saturated carbocycles. The van der Waals surface area contributed by atoms with Crippen molar-refractivity contribution >= 4 is 11.6 Å². The molecule has 0 radical (unpaired) electrons. The van der Waals surface area contributed by atoms with Crippen molar-refractivity contribution in [1.29, 1.82) is 0 Å². The Hall–Kier alpha value is -1.75. The Morgan fingerprint density at radius 2 is 1.92 bits per heavy atom. The first-order chi connectivity index (χ1) is 12.3. The number of rotatable bonds is 5. The summed E-state index contributed by atoms with van der Waals surface area (Å²) in [6.45, 7) is 6.54. The summed E-state index contributed by atoms with van der Waals surface area (Å²) < 4.78 is 0. The summed E-state index contributed by atoms with van der Waals surface area (Å²) in [6, 6.07) is 6.84. The fourth-order valence-corrected chi connectivity index (χ4v) is 3.87. The maximum atomic E-state index is 4.35. The highest BCUT2D eigenvalue weighted by Gasteiger charge is 2.14. The number of fused-ring (bicyclic) bond motifs is 1. The number of benzene rings is 1. The van der Waals surface area contributed by atoms with Crippen molar-refractivity contribution in [2.45, 2.75) is 38.6 Å². The van der Waals surface area contributed by atoms with Crippen molar-refractivity contribution < 1.29 is 0 Å². The van der Waals surface area contributed by atoms with Gasteiger partial charge in [-0.05, 0) is 56.0 Å². The lowest BCUT2D eigenvalue weighted by Crippen LogP contribution is -2.42. The van der Waals surface area contributed by atoms with Gasteiger partial charge in [0.2, 0.25) is 0 Å². The number of likely N-dealkylation sites (tertiary alicyclic amines) is 1. The van der Waals surface area contributed by atoms with E-state index in [1.807, 2.05) is 7.05 Å². The van der Waals surface area contributed by atoms with E-state index in [2.05, 4.69) is 50.7 Å². The number of anilines is 1. The lowest BCUT2D eigenvalue weighted by Gasteiger charge is -2.28. The zero-order valence-corrected chi connectivity index (χ0v) is 15.9. The van der Waals surface area contributed by atoms with Gasteiger partial charge in [-0.2, -0.15) is 0 Å². The van der Waals surface area contributed by atoms with E-state index in [0.29, 0.717) is 0 Å². The van der Waals surface area contributed by atoms with Crippen LogP contribution in [0.3, 0.4) is 0 Å². The van der Waals surface area contributed by atoms with Crippen LogP contribution in [-0.2, 0) is 13.0 Å². The van der Waals surface area contributed by atoms with Gasteiger partial charge in [0.1, 0.15) is 0 Å². The largest absolute Gasteiger partial charge is 0.374 e. The molecule has 0 bridgehead atoms. The third kappa shape index (κ3) is 5.11. The Labute approximate surface area is 152 Å². The Morgan fingerprint density at radius 3 is 2.72 bits per heavy atom. The van der Waals surface area contributed by atoms with Crippen LogP contribution in [0.1, 0.15) is 36.8 Å². The minimum absolute atomic E-state index is 0.820. The molecule has 0 amide bonds. The van der Waals surface area contributed by atoms with Crippen molar-refractivity contribution in [2.75, 3.05) is 51.7 Å². The van der Waals surface area contributed by atoms with Crippen LogP contribution in [0.2, 0.25) is 0 Å². The van der Waals surface area contributed by atoms with Gasteiger partial charge in [0, 0.05) is 46.0 Å². The van der Waals surface area contributed by atoms with Gasteiger partial charge >= 0.3 is 0 Å². The number of hydrogen-bond donors (Lipinski definition) is 2. The number of piperidine rings is 1. The fraction of sp³-hybridized carbons (Fsp3) is 0.650. The molecule has 0 aromatic heterocycles. The van der Waals surface area contributed by atoms with Gasteiger partial charge < -0.3 is 20.4 Å². The van der Waals surface area contributed by atoms with Gasteiger partial charge in [-0.25, -0.2) is 0 Å². The van der Waals surface area contributed by atoms with Crippen LogP contribution in [0.5, 0.6) is 0 Å². The number of nitrogens with zero attached hydrogens (tertiary/aromatic N) is 3. The molecule has 0 aliphatic carbocycles. The monoisotopic (exact) mass is 343 g/mol. The zero-order valence-electron chi connectivity index (χ0n) is 15.9. The van der Waals surface area contributed by atoms with E-state index >= 15 is 0 Å². The molecular weight excluding hydrogens is 310 g/mol. The number of aryl methyl sites for hydroxylation is 1. The average molecular weight is 344 g/mol. The third-order valence-electron chi connectivity index (χ3n) is 5.35. The summed E-state index contributed by atoms with van der Waals surface area (Å²) in [5, 5.41) is 6.89. The maximum Gasteiger partial charge on any atom is 0.191 e. The van der Waals surface area contributed by atoms with Crippen molar-refractivity contribution in [2.24, 2.45) is 4.99 Å². The fourth-order valence-electron chi connectivity index (χ4n) is 3.87. The lowest BCUT2D eigenvalue weighted by molar-refractivity contribution is 0.232. The van der Waals surface area contributed by atoms with E-state index in [1.165, 1.54) is 62.0 Å². The minimum atomic E-state index is 0.820. The second-order valence-corrected chi connectivity index (χ2v) is 7.24. The van der Waals surface area contributed by atoms with Crippen LogP contribution in [0.4, 0.5) is 5.69 Å². The molecule has 138 valence electrons. The smallest absolute Gasteiger partial charge is 0.191 e. The highest BCUT2D eigenvalue weighted by molar-refractivity contribution is 5.79. The van der Waals surface area contributed by atoms with E-state index in [9.17, 15) is 0 Å². The average Bonchev–Trinajstić information content (AvgIpc) is 2.65. The first-order valence-electron chi connectivity index (χ1n) is 9.76. The molecule has 25 heavy (non-hydrogen) atoms. The minimum Gasteiger partial charge on any atom is -0.374 e. The predicted octanol–water partition coefficient (Wildman–Crippen LogP) is 2.22. The Kier molecular flexibility index (Phi) is 6.56. The van der Waals surface area contributed by atoms with Crippen LogP contribution >= 0.6 is 0 Å². The van der Waals surface area contributed by atoms with Gasteiger partial charge in [0.15, 0.2) is 5.96 Å². The highest BCUT2D eigenvalue weighted by Crippen LogP contribution is 2.26. The first-order valence-corrected chi connectivity index (χ1v) is 9.76. The van der Waals surface area contributed by atoms with Gasteiger partial charge in [-0.15, -0.1) is 0 Å². The molecule has 2 heterocycles. The van der Waals surface area contributed by atoms with Crippen molar-refractivity contribution in [3.8, 4) is 0 Å². The normalized spacial score (nSPS) is 18.8. The summed E-state index contributed by atoms with van der Waals surface area (Å²) in [5.41, 5.74) is 4.19. The van der Waals surface area contributed by atoms with E-state index in [0.717, 1.165) is 32.1 Å². The Balaban J connectivity index is 1.44. The molecule has 2 N–H and O–H groups in total. The van der Waals surface area contributed by atoms with Gasteiger partial charge in [-0.3, -0.25) is 4.99 Å². The summed E-state index contributed by atoms with van der Waals surface area (Å²) in [4.78, 5) is 9.26. The second kappa shape index (κ2) is 9.09. The first kappa shape index (κ1) is 18.1. The molecule has 3 rings (SSSR count). The standard InChI is InChI=1S/C20H33N5/c1-21-20(22-10-14-25-12-4-3-5-13-25)23-16-17-8-9-19-18(15-17)7-6-11-24(19)2/h8-9,15H,3-7,10-14,16H2,1-2H3,(H2,21,22,23). The third-order valence-corrected chi connectivity index (χ3v) is 5.35. The van der Waals surface area contributed by atoms with Gasteiger partial charge in [0.05, 0.1) is 0 Å². The predicted molar refractivity (Wildman–Crippen MR) is 107 cm³/mol. The molecule has 2 aliphatic heterocycles. The molecule has 2 aliphatic rings. The molecular formula is C20H33N5. The van der Waals surface area contributed by atoms with Crippen molar-refractivity contribution in [3.05, 3.63) is 29.3 Å².